The molecule has 0 N–H and O–H groups in total. The van der Waals surface area contributed by atoms with Gasteiger partial charge in [0.15, 0.2) is 28.8 Å². The van der Waals surface area contributed by atoms with Gasteiger partial charge in [-0.25, -0.2) is 0 Å². The van der Waals surface area contributed by atoms with E-state index < -0.39 is 0 Å². The minimum Gasteiger partial charge on any atom is -0.490 e. The molecule has 0 spiro atoms. The first-order valence-electron chi connectivity index (χ1n) is 12.9. The number of rotatable bonds is 12. The van der Waals surface area contributed by atoms with E-state index in [9.17, 15) is 4.79 Å². The molecule has 2 aromatic carbocycles. The number of carbonyl (C=O) groups excluding carboxylic acids is 1. The van der Waals surface area contributed by atoms with E-state index in [1.807, 2.05) is 69.4 Å². The van der Waals surface area contributed by atoms with Gasteiger partial charge in [-0.15, -0.1) is 0 Å². The Morgan fingerprint density at radius 1 is 0.694 bits per heavy atom. The Morgan fingerprint density at radius 3 is 1.53 bits per heavy atom. The summed E-state index contributed by atoms with van der Waals surface area (Å²) < 4.78 is 23.2. The van der Waals surface area contributed by atoms with Crippen LogP contribution in [0.5, 0.6) is 23.0 Å². The zero-order valence-corrected chi connectivity index (χ0v) is 22.3. The molecule has 194 valence electrons. The summed E-state index contributed by atoms with van der Waals surface area (Å²) in [5.74, 6) is 2.90. The Balaban J connectivity index is 1.88. The lowest BCUT2D eigenvalue weighted by Gasteiger charge is -2.26. The lowest BCUT2D eigenvalue weighted by atomic mass is 9.94. The average molecular weight is 494 g/mol. The maximum Gasteiger partial charge on any atom is 0.187 e. The number of ether oxygens (including phenoxy) is 4. The Hall–Kier alpha value is -3.25. The number of likely N-dealkylation sites (N-methyl/N-ethyl adjacent to an activating group) is 1. The first-order valence-corrected chi connectivity index (χ1v) is 12.9. The Labute approximate surface area is 215 Å². The van der Waals surface area contributed by atoms with Crippen LogP contribution in [-0.2, 0) is 4.79 Å². The van der Waals surface area contributed by atoms with Crippen LogP contribution >= 0.6 is 0 Å². The standard InChI is InChI=1S/C30H39NO5/c1-6-14-35-26-12-10-22(18-28(26)33-8-3)16-24-20-31(5)21-25(30(24)32)17-23-11-13-27(36-15-7-2)29(19-23)34-9-4/h10-13,16-19H,6-9,14-15,20-21H2,1-5H3/b24-16+,25-17+. The SMILES string of the molecule is CCCOc1ccc(/C=C2\CN(C)C/C(=C\c3ccc(OCCC)c(OCC)c3)C2=O)cc1OCC. The zero-order valence-electron chi connectivity index (χ0n) is 22.3. The van der Waals surface area contributed by atoms with Crippen LogP contribution in [0.1, 0.15) is 51.7 Å². The number of hydrogen-bond acceptors (Lipinski definition) is 6. The molecule has 3 rings (SSSR count). The van der Waals surface area contributed by atoms with Gasteiger partial charge in [-0.2, -0.15) is 0 Å². The number of Topliss-reactive ketones (excluding diaryl/α,β-unsaturated/α-hetero) is 1. The number of ketones is 1. The van der Waals surface area contributed by atoms with Crippen molar-refractivity contribution in [2.75, 3.05) is 46.6 Å². The second-order valence-corrected chi connectivity index (χ2v) is 8.82. The van der Waals surface area contributed by atoms with Crippen LogP contribution < -0.4 is 18.9 Å². The van der Waals surface area contributed by atoms with Crippen LogP contribution in [-0.4, -0.2) is 57.2 Å². The van der Waals surface area contributed by atoms with Crippen molar-refractivity contribution in [3.05, 3.63) is 58.7 Å². The Morgan fingerprint density at radius 2 is 1.14 bits per heavy atom. The van der Waals surface area contributed by atoms with Gasteiger partial charge in [-0.05, 0) is 81.3 Å². The summed E-state index contributed by atoms with van der Waals surface area (Å²) in [5.41, 5.74) is 3.31. The third-order valence-electron chi connectivity index (χ3n) is 5.60. The smallest absolute Gasteiger partial charge is 0.187 e. The molecular weight excluding hydrogens is 454 g/mol. The quantitative estimate of drug-likeness (QED) is 0.336. The molecular formula is C30H39NO5. The number of likely N-dealkylation sites (tertiary alicyclic amines) is 1. The summed E-state index contributed by atoms with van der Waals surface area (Å²) in [5, 5.41) is 0. The predicted molar refractivity (Wildman–Crippen MR) is 145 cm³/mol. The molecule has 36 heavy (non-hydrogen) atoms. The van der Waals surface area contributed by atoms with E-state index in [0.717, 1.165) is 46.6 Å². The molecule has 0 saturated carbocycles. The van der Waals surface area contributed by atoms with Crippen LogP contribution in [0.15, 0.2) is 47.5 Å². The van der Waals surface area contributed by atoms with Gasteiger partial charge in [0.2, 0.25) is 0 Å². The van der Waals surface area contributed by atoms with Crippen LogP contribution in [0, 0.1) is 0 Å². The van der Waals surface area contributed by atoms with Gasteiger partial charge in [0.1, 0.15) is 0 Å². The van der Waals surface area contributed by atoms with Crippen molar-refractivity contribution in [2.45, 2.75) is 40.5 Å². The third kappa shape index (κ3) is 7.37. The highest BCUT2D eigenvalue weighted by atomic mass is 16.5. The second-order valence-electron chi connectivity index (χ2n) is 8.82. The van der Waals surface area contributed by atoms with Crippen LogP contribution in [0.25, 0.3) is 12.2 Å². The number of hydrogen-bond donors (Lipinski definition) is 0. The molecule has 0 aromatic heterocycles. The number of benzene rings is 2. The van der Waals surface area contributed by atoms with E-state index >= 15 is 0 Å². The van der Waals surface area contributed by atoms with E-state index in [0.29, 0.717) is 51.0 Å². The van der Waals surface area contributed by atoms with Crippen LogP contribution in [0.3, 0.4) is 0 Å². The van der Waals surface area contributed by atoms with Crippen molar-refractivity contribution < 1.29 is 23.7 Å². The number of nitrogens with zero attached hydrogens (tertiary/aromatic N) is 1. The lowest BCUT2D eigenvalue weighted by molar-refractivity contribution is -0.113. The molecule has 2 aromatic rings. The molecule has 0 amide bonds. The molecule has 1 heterocycles. The van der Waals surface area contributed by atoms with E-state index in [-0.39, 0.29) is 5.78 Å². The lowest BCUT2D eigenvalue weighted by Crippen LogP contribution is -2.34. The summed E-state index contributed by atoms with van der Waals surface area (Å²) in [7, 11) is 2.02. The number of piperidine rings is 1. The molecule has 0 radical (unpaired) electrons. The van der Waals surface area contributed by atoms with Gasteiger partial charge >= 0.3 is 0 Å². The maximum absolute atomic E-state index is 13.4. The van der Waals surface area contributed by atoms with Gasteiger partial charge in [0, 0.05) is 24.2 Å². The molecule has 1 aliphatic rings. The molecule has 1 saturated heterocycles. The van der Waals surface area contributed by atoms with Crippen molar-refractivity contribution in [3.63, 3.8) is 0 Å². The molecule has 6 heteroatoms. The van der Waals surface area contributed by atoms with Crippen LogP contribution in [0.4, 0.5) is 0 Å². The number of carbonyl (C=O) groups is 1. The summed E-state index contributed by atoms with van der Waals surface area (Å²) >= 11 is 0. The van der Waals surface area contributed by atoms with Gasteiger partial charge in [0.25, 0.3) is 0 Å². The molecule has 0 atom stereocenters. The maximum atomic E-state index is 13.4. The molecule has 0 unspecified atom stereocenters. The van der Waals surface area contributed by atoms with Crippen LogP contribution in [0.2, 0.25) is 0 Å². The minimum atomic E-state index is 0.0571. The third-order valence-corrected chi connectivity index (χ3v) is 5.60. The van der Waals surface area contributed by atoms with Crippen molar-refractivity contribution in [1.29, 1.82) is 0 Å². The second kappa shape index (κ2) is 13.7. The fraction of sp³-hybridized carbons (Fsp3) is 0.433. The molecule has 0 bridgehead atoms. The van der Waals surface area contributed by atoms with Gasteiger partial charge in [-0.3, -0.25) is 9.69 Å². The highest BCUT2D eigenvalue weighted by molar-refractivity contribution is 6.14. The molecule has 6 nitrogen and oxygen atoms in total. The summed E-state index contributed by atoms with van der Waals surface area (Å²) in [6.45, 7) is 11.6. The first-order chi connectivity index (χ1) is 17.5. The average Bonchev–Trinajstić information content (AvgIpc) is 2.86. The molecule has 0 aliphatic carbocycles. The van der Waals surface area contributed by atoms with E-state index in [1.165, 1.54) is 0 Å². The van der Waals surface area contributed by atoms with Crippen molar-refractivity contribution >= 4 is 17.9 Å². The van der Waals surface area contributed by atoms with E-state index in [2.05, 4.69) is 18.7 Å². The summed E-state index contributed by atoms with van der Waals surface area (Å²) in [6.07, 6.45) is 5.75. The van der Waals surface area contributed by atoms with Gasteiger partial charge < -0.3 is 18.9 Å². The summed E-state index contributed by atoms with van der Waals surface area (Å²) in [4.78, 5) is 15.6. The fourth-order valence-electron chi connectivity index (χ4n) is 4.04. The van der Waals surface area contributed by atoms with Gasteiger partial charge in [0.05, 0.1) is 26.4 Å². The molecule has 1 fully saturated rings. The normalized spacial score (nSPS) is 16.4. The van der Waals surface area contributed by atoms with E-state index in [4.69, 9.17) is 18.9 Å². The van der Waals surface area contributed by atoms with Crippen molar-refractivity contribution in [2.24, 2.45) is 0 Å². The molecule has 1 aliphatic heterocycles. The van der Waals surface area contributed by atoms with E-state index in [1.54, 1.807) is 0 Å². The zero-order chi connectivity index (χ0) is 25.9. The van der Waals surface area contributed by atoms with Crippen molar-refractivity contribution in [1.82, 2.24) is 4.90 Å². The Kier molecular flexibility index (Phi) is 10.4. The Bertz CT molecular complexity index is 1010. The highest BCUT2D eigenvalue weighted by Crippen LogP contribution is 2.32. The van der Waals surface area contributed by atoms with Crippen molar-refractivity contribution in [3.8, 4) is 23.0 Å². The summed E-state index contributed by atoms with van der Waals surface area (Å²) in [6, 6.07) is 11.6. The predicted octanol–water partition coefficient (Wildman–Crippen LogP) is 6.04. The highest BCUT2D eigenvalue weighted by Gasteiger charge is 2.24. The largest absolute Gasteiger partial charge is 0.490 e. The minimum absolute atomic E-state index is 0.0571. The van der Waals surface area contributed by atoms with Gasteiger partial charge in [-0.1, -0.05) is 26.0 Å². The fourth-order valence-corrected chi connectivity index (χ4v) is 4.04. The first kappa shape index (κ1) is 27.3. The monoisotopic (exact) mass is 493 g/mol. The topological polar surface area (TPSA) is 57.2 Å².